The molecule has 6 nitrogen and oxygen atoms in total. The van der Waals surface area contributed by atoms with Crippen LogP contribution in [0, 0.1) is 5.92 Å². The number of hydrogen-bond donors (Lipinski definition) is 1. The number of nitrogen functional groups attached to an aromatic ring is 1. The van der Waals surface area contributed by atoms with Crippen LogP contribution >= 0.6 is 11.3 Å². The van der Waals surface area contributed by atoms with E-state index in [4.69, 9.17) is 10.5 Å². The Morgan fingerprint density at radius 1 is 1.37 bits per heavy atom. The molecule has 4 heterocycles. The maximum atomic E-state index is 13.0. The van der Waals surface area contributed by atoms with Gasteiger partial charge in [0.25, 0.3) is 5.91 Å². The quantitative estimate of drug-likeness (QED) is 0.877. The number of aromatic nitrogens is 2. The van der Waals surface area contributed by atoms with Crippen molar-refractivity contribution >= 4 is 23.2 Å². The number of ether oxygens (including phenoxy) is 1. The van der Waals surface area contributed by atoms with Crippen molar-refractivity contribution in [3.63, 3.8) is 0 Å². The van der Waals surface area contributed by atoms with Crippen LogP contribution in [0.2, 0.25) is 0 Å². The fraction of sp³-hybridized carbons (Fsp3) is 0.550. The largest absolute Gasteiger partial charge is 0.369 e. The van der Waals surface area contributed by atoms with Crippen LogP contribution in [-0.4, -0.2) is 40.5 Å². The van der Waals surface area contributed by atoms with E-state index in [2.05, 4.69) is 35.3 Å². The van der Waals surface area contributed by atoms with E-state index in [1.807, 2.05) is 4.90 Å². The van der Waals surface area contributed by atoms with Crippen molar-refractivity contribution in [1.29, 1.82) is 0 Å². The molecule has 0 radical (unpaired) electrons. The Bertz CT molecular complexity index is 840. The van der Waals surface area contributed by atoms with Crippen molar-refractivity contribution < 1.29 is 9.53 Å². The van der Waals surface area contributed by atoms with Gasteiger partial charge in [0, 0.05) is 23.7 Å². The van der Waals surface area contributed by atoms with E-state index < -0.39 is 0 Å². The molecule has 0 bridgehead atoms. The highest BCUT2D eigenvalue weighted by Crippen LogP contribution is 2.44. The van der Waals surface area contributed by atoms with E-state index in [0.717, 1.165) is 38.0 Å². The van der Waals surface area contributed by atoms with Crippen molar-refractivity contribution in [2.45, 2.75) is 45.1 Å². The van der Waals surface area contributed by atoms with Gasteiger partial charge in [-0.3, -0.25) is 4.79 Å². The molecule has 0 aromatic carbocycles. The van der Waals surface area contributed by atoms with Gasteiger partial charge in [-0.1, -0.05) is 13.8 Å². The zero-order valence-corrected chi connectivity index (χ0v) is 16.7. The Hall–Kier alpha value is -1.99. The summed E-state index contributed by atoms with van der Waals surface area (Å²) < 4.78 is 6.23. The first-order valence-corrected chi connectivity index (χ1v) is 10.5. The Balaban J connectivity index is 1.49. The maximum absolute atomic E-state index is 13.0. The molecule has 2 aliphatic heterocycles. The van der Waals surface area contributed by atoms with E-state index in [-0.39, 0.29) is 17.5 Å². The Kier molecular flexibility index (Phi) is 4.90. The van der Waals surface area contributed by atoms with E-state index in [0.29, 0.717) is 24.7 Å². The SMILES string of the molecule is CC(C)Cc1cc(C(=O)N2CCC3(CC2)OCCc2ccsc23)nc(N)n1. The van der Waals surface area contributed by atoms with Crippen LogP contribution in [0.25, 0.3) is 0 Å². The van der Waals surface area contributed by atoms with Crippen molar-refractivity contribution in [2.75, 3.05) is 25.4 Å². The van der Waals surface area contributed by atoms with Gasteiger partial charge in [-0.15, -0.1) is 11.3 Å². The minimum Gasteiger partial charge on any atom is -0.369 e. The molecule has 0 unspecified atom stereocenters. The summed E-state index contributed by atoms with van der Waals surface area (Å²) >= 11 is 1.78. The fourth-order valence-electron chi connectivity index (χ4n) is 4.11. The molecule has 2 N–H and O–H groups in total. The number of hydrogen-bond acceptors (Lipinski definition) is 6. The maximum Gasteiger partial charge on any atom is 0.272 e. The van der Waals surface area contributed by atoms with Crippen LogP contribution in [-0.2, 0) is 23.2 Å². The average Bonchev–Trinajstić information content (AvgIpc) is 3.11. The standard InChI is InChI=1S/C20H26N4O2S/c1-13(2)11-15-12-16(23-19(21)22-15)18(25)24-7-5-20(6-8-24)17-14(3-9-26-20)4-10-27-17/h4,10,12-13H,3,5-9,11H2,1-2H3,(H2,21,22,23). The summed E-state index contributed by atoms with van der Waals surface area (Å²) in [5.41, 5.74) is 8.26. The smallest absolute Gasteiger partial charge is 0.272 e. The van der Waals surface area contributed by atoms with Crippen LogP contribution in [0.15, 0.2) is 17.5 Å². The lowest BCUT2D eigenvalue weighted by Gasteiger charge is -2.43. The lowest BCUT2D eigenvalue weighted by Crippen LogP contribution is -2.48. The third-order valence-corrected chi connectivity index (χ3v) is 6.54. The molecule has 2 aliphatic rings. The molecule has 1 amide bonds. The highest BCUT2D eigenvalue weighted by molar-refractivity contribution is 7.10. The van der Waals surface area contributed by atoms with E-state index in [1.54, 1.807) is 17.4 Å². The first kappa shape index (κ1) is 18.4. The number of rotatable bonds is 3. The monoisotopic (exact) mass is 386 g/mol. The lowest BCUT2D eigenvalue weighted by molar-refractivity contribution is -0.0906. The Morgan fingerprint density at radius 3 is 2.89 bits per heavy atom. The van der Waals surface area contributed by atoms with Gasteiger partial charge >= 0.3 is 0 Å². The Labute approximate surface area is 163 Å². The second-order valence-corrected chi connectivity index (χ2v) is 8.78. The normalized spacial score (nSPS) is 18.7. The van der Waals surface area contributed by atoms with Crippen LogP contribution < -0.4 is 5.73 Å². The van der Waals surface area contributed by atoms with Crippen molar-refractivity contribution in [3.8, 4) is 0 Å². The molecule has 144 valence electrons. The number of fused-ring (bicyclic) bond motifs is 2. The number of thiophene rings is 1. The molecule has 7 heteroatoms. The second-order valence-electron chi connectivity index (χ2n) is 7.86. The number of nitrogens with two attached hydrogens (primary N) is 1. The molecule has 1 fully saturated rings. The summed E-state index contributed by atoms with van der Waals surface area (Å²) in [5.74, 6) is 0.551. The van der Waals surface area contributed by atoms with Crippen LogP contribution in [0.3, 0.4) is 0 Å². The first-order valence-electron chi connectivity index (χ1n) is 9.60. The molecule has 0 aliphatic carbocycles. The number of carbonyl (C=O) groups excluding carboxylic acids is 1. The summed E-state index contributed by atoms with van der Waals surface area (Å²) in [6, 6.07) is 4.00. The third-order valence-electron chi connectivity index (χ3n) is 5.40. The highest BCUT2D eigenvalue weighted by Gasteiger charge is 2.42. The van der Waals surface area contributed by atoms with Gasteiger partial charge in [0.15, 0.2) is 0 Å². The number of anilines is 1. The topological polar surface area (TPSA) is 81.3 Å². The summed E-state index contributed by atoms with van der Waals surface area (Å²) in [6.07, 6.45) is 3.42. The second kappa shape index (κ2) is 7.20. The molecular weight excluding hydrogens is 360 g/mol. The van der Waals surface area contributed by atoms with Crippen LogP contribution in [0.4, 0.5) is 5.95 Å². The summed E-state index contributed by atoms with van der Waals surface area (Å²) in [6.45, 7) is 6.33. The molecule has 27 heavy (non-hydrogen) atoms. The van der Waals surface area contributed by atoms with E-state index in [9.17, 15) is 4.79 Å². The van der Waals surface area contributed by atoms with E-state index >= 15 is 0 Å². The molecule has 0 atom stereocenters. The number of nitrogens with zero attached hydrogens (tertiary/aromatic N) is 3. The molecular formula is C20H26N4O2S. The summed E-state index contributed by atoms with van der Waals surface area (Å²) in [5, 5.41) is 2.15. The summed E-state index contributed by atoms with van der Waals surface area (Å²) in [4.78, 5) is 24.7. The molecule has 4 rings (SSSR count). The van der Waals surface area contributed by atoms with Crippen molar-refractivity contribution in [3.05, 3.63) is 39.3 Å². The fourth-order valence-corrected chi connectivity index (χ4v) is 5.28. The number of amides is 1. The van der Waals surface area contributed by atoms with Crippen molar-refractivity contribution in [2.24, 2.45) is 5.92 Å². The zero-order chi connectivity index (χ0) is 19.0. The number of carbonyl (C=O) groups is 1. The van der Waals surface area contributed by atoms with Gasteiger partial charge in [-0.25, -0.2) is 9.97 Å². The van der Waals surface area contributed by atoms with Gasteiger partial charge in [0.05, 0.1) is 6.61 Å². The molecule has 2 aromatic rings. The number of piperidine rings is 1. The first-order chi connectivity index (χ1) is 13.0. The van der Waals surface area contributed by atoms with Crippen LogP contribution in [0.1, 0.15) is 53.3 Å². The average molecular weight is 387 g/mol. The van der Waals surface area contributed by atoms with Crippen molar-refractivity contribution in [1.82, 2.24) is 14.9 Å². The van der Waals surface area contributed by atoms with Gasteiger partial charge < -0.3 is 15.4 Å². The predicted molar refractivity (Wildman–Crippen MR) is 106 cm³/mol. The lowest BCUT2D eigenvalue weighted by atomic mass is 9.85. The van der Waals surface area contributed by atoms with Gasteiger partial charge in [-0.2, -0.15) is 0 Å². The van der Waals surface area contributed by atoms with Gasteiger partial charge in [-0.05, 0) is 54.7 Å². The Morgan fingerprint density at radius 2 is 2.15 bits per heavy atom. The third kappa shape index (κ3) is 3.58. The minimum absolute atomic E-state index is 0.0637. The van der Waals surface area contributed by atoms with Gasteiger partial charge in [0.2, 0.25) is 5.95 Å². The van der Waals surface area contributed by atoms with Crippen LogP contribution in [0.5, 0.6) is 0 Å². The molecule has 2 aromatic heterocycles. The zero-order valence-electron chi connectivity index (χ0n) is 15.9. The molecule has 0 saturated carbocycles. The predicted octanol–water partition coefficient (Wildman–Crippen LogP) is 3.02. The number of likely N-dealkylation sites (tertiary alicyclic amines) is 1. The minimum atomic E-state index is -0.216. The highest BCUT2D eigenvalue weighted by atomic mass is 32.1. The summed E-state index contributed by atoms with van der Waals surface area (Å²) in [7, 11) is 0. The molecule has 1 saturated heterocycles. The molecule has 1 spiro atoms. The van der Waals surface area contributed by atoms with Gasteiger partial charge in [0.1, 0.15) is 11.3 Å². The van der Waals surface area contributed by atoms with E-state index in [1.165, 1.54) is 10.4 Å².